The van der Waals surface area contributed by atoms with Crippen LogP contribution in [0.2, 0.25) is 0 Å². The van der Waals surface area contributed by atoms with E-state index in [2.05, 4.69) is 5.32 Å². The summed E-state index contributed by atoms with van der Waals surface area (Å²) in [5.74, 6) is -0.420. The van der Waals surface area contributed by atoms with Crippen LogP contribution in [0.25, 0.3) is 0 Å². The van der Waals surface area contributed by atoms with Crippen molar-refractivity contribution in [1.29, 1.82) is 0 Å². The zero-order valence-electron chi connectivity index (χ0n) is 15.2. The van der Waals surface area contributed by atoms with Crippen molar-refractivity contribution in [3.63, 3.8) is 0 Å². The fraction of sp³-hybridized carbons (Fsp3) is 0.263. The highest BCUT2D eigenvalue weighted by atomic mass is 19.1. The van der Waals surface area contributed by atoms with E-state index in [0.29, 0.717) is 22.9 Å². The van der Waals surface area contributed by atoms with Crippen LogP contribution in [-0.2, 0) is 14.3 Å². The molecule has 0 aliphatic rings. The molecule has 0 aromatic heterocycles. The third kappa shape index (κ3) is 5.88. The first-order valence-corrected chi connectivity index (χ1v) is 8.03. The number of rotatable bonds is 8. The molecule has 0 aliphatic heterocycles. The van der Waals surface area contributed by atoms with Crippen LogP contribution in [0.3, 0.4) is 0 Å². The van der Waals surface area contributed by atoms with E-state index >= 15 is 0 Å². The summed E-state index contributed by atoms with van der Waals surface area (Å²) in [6.07, 6.45) is -1.06. The lowest BCUT2D eigenvalue weighted by molar-refractivity contribution is -0.155. The number of amides is 1. The number of methoxy groups -OCH3 is 2. The van der Waals surface area contributed by atoms with E-state index in [4.69, 9.17) is 18.9 Å². The molecular weight excluding hydrogens is 357 g/mol. The Bertz CT molecular complexity index is 793. The van der Waals surface area contributed by atoms with Gasteiger partial charge in [0.05, 0.1) is 19.9 Å². The molecule has 7 nitrogen and oxygen atoms in total. The second kappa shape index (κ2) is 9.42. The average molecular weight is 377 g/mol. The Morgan fingerprint density at radius 2 is 1.70 bits per heavy atom. The second-order valence-electron chi connectivity index (χ2n) is 5.43. The smallest absolute Gasteiger partial charge is 0.344 e. The summed E-state index contributed by atoms with van der Waals surface area (Å²) in [6.45, 7) is 1.02. The molecule has 0 radical (unpaired) electrons. The summed E-state index contributed by atoms with van der Waals surface area (Å²) in [5.41, 5.74) is 0.382. The van der Waals surface area contributed by atoms with Crippen LogP contribution in [0.1, 0.15) is 6.92 Å². The number of hydrogen-bond donors (Lipinski definition) is 1. The summed E-state index contributed by atoms with van der Waals surface area (Å²) in [6, 6.07) is 10.1. The lowest BCUT2D eigenvalue weighted by atomic mass is 10.2. The lowest BCUT2D eigenvalue weighted by Gasteiger charge is -2.16. The summed E-state index contributed by atoms with van der Waals surface area (Å²) >= 11 is 0. The molecule has 1 N–H and O–H groups in total. The number of hydrogen-bond acceptors (Lipinski definition) is 6. The van der Waals surface area contributed by atoms with Gasteiger partial charge in [-0.3, -0.25) is 4.79 Å². The highest BCUT2D eigenvalue weighted by molar-refractivity contribution is 5.96. The first-order valence-electron chi connectivity index (χ1n) is 8.03. The molecule has 1 atom stereocenters. The summed E-state index contributed by atoms with van der Waals surface area (Å²) in [5, 5.41) is 2.62. The van der Waals surface area contributed by atoms with E-state index < -0.39 is 30.4 Å². The minimum absolute atomic E-state index is 0.312. The molecule has 1 amide bonds. The molecule has 144 valence electrons. The van der Waals surface area contributed by atoms with Gasteiger partial charge in [-0.1, -0.05) is 0 Å². The Labute approximate surface area is 156 Å². The Morgan fingerprint density at radius 3 is 2.33 bits per heavy atom. The molecule has 0 fully saturated rings. The van der Waals surface area contributed by atoms with Gasteiger partial charge in [-0.15, -0.1) is 0 Å². The molecule has 0 bridgehead atoms. The van der Waals surface area contributed by atoms with Crippen molar-refractivity contribution >= 4 is 17.6 Å². The van der Waals surface area contributed by atoms with Gasteiger partial charge >= 0.3 is 5.97 Å². The molecule has 2 aromatic carbocycles. The zero-order valence-corrected chi connectivity index (χ0v) is 15.2. The fourth-order valence-electron chi connectivity index (χ4n) is 2.10. The van der Waals surface area contributed by atoms with E-state index in [-0.39, 0.29) is 0 Å². The SMILES string of the molecule is COc1ccc(OC)c(NC(=O)C(C)OC(=O)COc2ccc(F)cc2)c1. The van der Waals surface area contributed by atoms with E-state index in [1.54, 1.807) is 18.2 Å². The number of carbonyl (C=O) groups excluding carboxylic acids is 2. The number of ether oxygens (including phenoxy) is 4. The molecule has 27 heavy (non-hydrogen) atoms. The Morgan fingerprint density at radius 1 is 1.04 bits per heavy atom. The van der Waals surface area contributed by atoms with Crippen molar-refractivity contribution in [3.8, 4) is 17.2 Å². The number of anilines is 1. The third-order valence-electron chi connectivity index (χ3n) is 3.51. The maximum Gasteiger partial charge on any atom is 0.344 e. The topological polar surface area (TPSA) is 83.1 Å². The predicted octanol–water partition coefficient (Wildman–Crippen LogP) is 2.79. The van der Waals surface area contributed by atoms with Crippen LogP contribution >= 0.6 is 0 Å². The van der Waals surface area contributed by atoms with Crippen molar-refractivity contribution in [2.75, 3.05) is 26.1 Å². The molecule has 8 heteroatoms. The summed E-state index contributed by atoms with van der Waals surface area (Å²) in [7, 11) is 2.96. The van der Waals surface area contributed by atoms with Gasteiger partial charge in [0.25, 0.3) is 5.91 Å². The number of carbonyl (C=O) groups is 2. The van der Waals surface area contributed by atoms with Gasteiger partial charge in [-0.2, -0.15) is 0 Å². The fourth-order valence-corrected chi connectivity index (χ4v) is 2.10. The Balaban J connectivity index is 1.89. The largest absolute Gasteiger partial charge is 0.497 e. The summed E-state index contributed by atoms with van der Waals surface area (Å²) < 4.78 is 33.3. The van der Waals surface area contributed by atoms with Gasteiger partial charge in [-0.25, -0.2) is 9.18 Å². The lowest BCUT2D eigenvalue weighted by Crippen LogP contribution is -2.31. The minimum atomic E-state index is -1.06. The Hall–Kier alpha value is -3.29. The van der Waals surface area contributed by atoms with Crippen LogP contribution < -0.4 is 19.5 Å². The number of benzene rings is 2. The van der Waals surface area contributed by atoms with E-state index in [9.17, 15) is 14.0 Å². The molecule has 0 aliphatic carbocycles. The molecule has 2 rings (SSSR count). The normalized spacial score (nSPS) is 11.3. The minimum Gasteiger partial charge on any atom is -0.497 e. The highest BCUT2D eigenvalue weighted by Crippen LogP contribution is 2.29. The van der Waals surface area contributed by atoms with Crippen LogP contribution in [0.4, 0.5) is 10.1 Å². The molecule has 0 saturated carbocycles. The molecule has 0 heterocycles. The second-order valence-corrected chi connectivity index (χ2v) is 5.43. The maximum absolute atomic E-state index is 12.8. The van der Waals surface area contributed by atoms with Crippen molar-refractivity contribution in [2.24, 2.45) is 0 Å². The highest BCUT2D eigenvalue weighted by Gasteiger charge is 2.20. The first kappa shape index (κ1) is 20.0. The summed E-state index contributed by atoms with van der Waals surface area (Å²) in [4.78, 5) is 24.1. The number of esters is 1. The molecular formula is C19H20FNO6. The van der Waals surface area contributed by atoms with Gasteiger partial charge in [0.2, 0.25) is 0 Å². The van der Waals surface area contributed by atoms with Crippen molar-refractivity contribution < 1.29 is 32.9 Å². The van der Waals surface area contributed by atoms with Crippen LogP contribution in [0.15, 0.2) is 42.5 Å². The molecule has 1 unspecified atom stereocenters. The van der Waals surface area contributed by atoms with E-state index in [1.807, 2.05) is 0 Å². The average Bonchev–Trinajstić information content (AvgIpc) is 2.67. The van der Waals surface area contributed by atoms with Crippen LogP contribution in [0.5, 0.6) is 17.2 Å². The van der Waals surface area contributed by atoms with Crippen molar-refractivity contribution in [1.82, 2.24) is 0 Å². The predicted molar refractivity (Wildman–Crippen MR) is 95.6 cm³/mol. The molecule has 0 spiro atoms. The standard InChI is InChI=1S/C19H20FNO6/c1-12(27-18(22)11-26-14-6-4-13(20)5-7-14)19(23)21-16-10-15(24-2)8-9-17(16)25-3/h4-10,12H,11H2,1-3H3,(H,21,23). The van der Waals surface area contributed by atoms with Gasteiger partial charge in [0.1, 0.15) is 23.1 Å². The molecule has 0 saturated heterocycles. The van der Waals surface area contributed by atoms with Crippen LogP contribution in [0, 0.1) is 5.82 Å². The quantitative estimate of drug-likeness (QED) is 0.713. The van der Waals surface area contributed by atoms with Gasteiger partial charge in [-0.05, 0) is 43.3 Å². The Kier molecular flexibility index (Phi) is 6.99. The van der Waals surface area contributed by atoms with Crippen LogP contribution in [-0.4, -0.2) is 38.8 Å². The van der Waals surface area contributed by atoms with Crippen molar-refractivity contribution in [2.45, 2.75) is 13.0 Å². The van der Waals surface area contributed by atoms with E-state index in [1.165, 1.54) is 45.4 Å². The van der Waals surface area contributed by atoms with Crippen molar-refractivity contribution in [3.05, 3.63) is 48.3 Å². The van der Waals surface area contributed by atoms with Gasteiger partial charge < -0.3 is 24.3 Å². The van der Waals surface area contributed by atoms with Gasteiger partial charge in [0, 0.05) is 6.07 Å². The zero-order chi connectivity index (χ0) is 19.8. The third-order valence-corrected chi connectivity index (χ3v) is 3.51. The maximum atomic E-state index is 12.8. The number of halogens is 1. The first-order chi connectivity index (χ1) is 12.9. The molecule has 2 aromatic rings. The number of nitrogens with one attached hydrogen (secondary N) is 1. The van der Waals surface area contributed by atoms with E-state index in [0.717, 1.165) is 0 Å². The van der Waals surface area contributed by atoms with Gasteiger partial charge in [0.15, 0.2) is 12.7 Å². The monoisotopic (exact) mass is 377 g/mol.